The van der Waals surface area contributed by atoms with Gasteiger partial charge in [-0.1, -0.05) is 11.6 Å². The number of carboxylic acid groups (broad SMARTS) is 1. The van der Waals surface area contributed by atoms with Gasteiger partial charge in [-0.2, -0.15) is 5.10 Å². The molecule has 0 saturated carbocycles. The Labute approximate surface area is 95.7 Å². The fourth-order valence-electron chi connectivity index (χ4n) is 1.32. The lowest BCUT2D eigenvalue weighted by molar-refractivity contribution is -0.138. The fourth-order valence-corrected chi connectivity index (χ4v) is 1.46. The molecule has 0 amide bonds. The van der Waals surface area contributed by atoms with Gasteiger partial charge in [-0.05, 0) is 12.1 Å². The molecule has 0 aliphatic carbocycles. The lowest BCUT2D eigenvalue weighted by Gasteiger charge is -2.01. The monoisotopic (exact) mass is 240 g/mol. The molecule has 3 N–H and O–H groups in total. The second kappa shape index (κ2) is 4.07. The molecule has 0 radical (unpaired) electrons. The summed E-state index contributed by atoms with van der Waals surface area (Å²) in [5.74, 6) is -1.05. The average Bonchev–Trinajstić information content (AvgIpc) is 2.58. The molecule has 7 heteroatoms. The Hall–Kier alpha value is -1.66. The molecule has 1 atom stereocenters. The van der Waals surface area contributed by atoms with Gasteiger partial charge < -0.3 is 10.8 Å². The summed E-state index contributed by atoms with van der Waals surface area (Å²) in [4.78, 5) is 14.8. The fraction of sp³-hybridized carbons (Fsp3) is 0.222. The van der Waals surface area contributed by atoms with E-state index in [0.717, 1.165) is 0 Å². The summed E-state index contributed by atoms with van der Waals surface area (Å²) in [7, 11) is 0. The summed E-state index contributed by atoms with van der Waals surface area (Å²) in [6, 6.07) is 2.36. The van der Waals surface area contributed by atoms with Crippen molar-refractivity contribution in [3.8, 4) is 0 Å². The molecule has 2 heterocycles. The zero-order chi connectivity index (χ0) is 11.7. The molecule has 2 rings (SSSR count). The van der Waals surface area contributed by atoms with Crippen molar-refractivity contribution in [2.45, 2.75) is 12.5 Å². The van der Waals surface area contributed by atoms with E-state index in [2.05, 4.69) is 10.1 Å². The Balaban J connectivity index is 2.29. The first kappa shape index (κ1) is 10.8. The molecule has 2 aromatic rings. The molecule has 0 saturated heterocycles. The molecule has 0 spiro atoms. The molecule has 2 aromatic heterocycles. The van der Waals surface area contributed by atoms with Gasteiger partial charge in [0.05, 0.1) is 11.9 Å². The summed E-state index contributed by atoms with van der Waals surface area (Å²) < 4.78 is 1.49. The Morgan fingerprint density at radius 2 is 2.38 bits per heavy atom. The van der Waals surface area contributed by atoms with E-state index in [1.165, 1.54) is 4.52 Å². The van der Waals surface area contributed by atoms with Crippen LogP contribution in [0.25, 0.3) is 5.65 Å². The van der Waals surface area contributed by atoms with Gasteiger partial charge in [-0.15, -0.1) is 0 Å². The van der Waals surface area contributed by atoms with Gasteiger partial charge in [0, 0.05) is 6.42 Å². The molecule has 0 fully saturated rings. The van der Waals surface area contributed by atoms with Gasteiger partial charge >= 0.3 is 5.97 Å². The van der Waals surface area contributed by atoms with E-state index in [9.17, 15) is 4.79 Å². The third-order valence-corrected chi connectivity index (χ3v) is 2.29. The molecular weight excluding hydrogens is 232 g/mol. The number of rotatable bonds is 3. The molecule has 16 heavy (non-hydrogen) atoms. The Morgan fingerprint density at radius 1 is 1.62 bits per heavy atom. The maximum Gasteiger partial charge on any atom is 0.320 e. The number of halogens is 1. The van der Waals surface area contributed by atoms with E-state index in [-0.39, 0.29) is 6.42 Å². The van der Waals surface area contributed by atoms with E-state index in [1.54, 1.807) is 18.3 Å². The van der Waals surface area contributed by atoms with Crippen molar-refractivity contribution in [3.63, 3.8) is 0 Å². The van der Waals surface area contributed by atoms with Gasteiger partial charge in [-0.25, -0.2) is 9.50 Å². The molecule has 84 valence electrons. The van der Waals surface area contributed by atoms with Gasteiger partial charge in [0.1, 0.15) is 11.2 Å². The maximum absolute atomic E-state index is 10.6. The SMILES string of the molecule is NC(Cc1cn2nc(Cl)ccc2n1)C(=O)O. The lowest BCUT2D eigenvalue weighted by Crippen LogP contribution is -2.32. The number of carbonyl (C=O) groups is 1. The standard InChI is InChI=1S/C9H9ClN4O2/c10-7-1-2-8-12-5(4-14(8)13-7)3-6(11)9(15)16/h1-2,4,6H,3,11H2,(H,15,16). The van der Waals surface area contributed by atoms with Gasteiger partial charge in [-0.3, -0.25) is 4.79 Å². The van der Waals surface area contributed by atoms with E-state index < -0.39 is 12.0 Å². The van der Waals surface area contributed by atoms with Crippen LogP contribution >= 0.6 is 11.6 Å². The molecule has 0 aromatic carbocycles. The van der Waals surface area contributed by atoms with Crippen LogP contribution in [0.3, 0.4) is 0 Å². The molecular formula is C9H9ClN4O2. The van der Waals surface area contributed by atoms with Crippen molar-refractivity contribution in [3.05, 3.63) is 29.2 Å². The largest absolute Gasteiger partial charge is 0.480 e. The number of nitrogens with two attached hydrogens (primary N) is 1. The van der Waals surface area contributed by atoms with Crippen LogP contribution in [0.2, 0.25) is 5.15 Å². The Kier molecular flexibility index (Phi) is 2.76. The van der Waals surface area contributed by atoms with Crippen LogP contribution in [0.4, 0.5) is 0 Å². The first-order valence-electron chi connectivity index (χ1n) is 4.55. The zero-order valence-electron chi connectivity index (χ0n) is 8.17. The Morgan fingerprint density at radius 3 is 3.06 bits per heavy atom. The predicted molar refractivity (Wildman–Crippen MR) is 57.3 cm³/mol. The van der Waals surface area contributed by atoms with Gasteiger partial charge in [0.15, 0.2) is 5.65 Å². The summed E-state index contributed by atoms with van der Waals surface area (Å²) >= 11 is 5.71. The minimum Gasteiger partial charge on any atom is -0.480 e. The number of nitrogens with zero attached hydrogens (tertiary/aromatic N) is 3. The number of imidazole rings is 1. The minimum atomic E-state index is -1.05. The van der Waals surface area contributed by atoms with E-state index >= 15 is 0 Å². The van der Waals surface area contributed by atoms with Crippen molar-refractivity contribution in [2.24, 2.45) is 5.73 Å². The van der Waals surface area contributed by atoms with Crippen LogP contribution in [0, 0.1) is 0 Å². The van der Waals surface area contributed by atoms with Gasteiger partial charge in [0.2, 0.25) is 0 Å². The Bertz CT molecular complexity index is 539. The predicted octanol–water partition coefficient (Wildman–Crippen LogP) is 0.337. The van der Waals surface area contributed by atoms with Crippen molar-refractivity contribution in [1.82, 2.24) is 14.6 Å². The van der Waals surface area contributed by atoms with Crippen molar-refractivity contribution in [2.75, 3.05) is 0 Å². The number of hydrogen-bond donors (Lipinski definition) is 2. The summed E-state index contributed by atoms with van der Waals surface area (Å²) in [5.41, 5.74) is 6.59. The molecule has 0 aliphatic heterocycles. The lowest BCUT2D eigenvalue weighted by atomic mass is 10.2. The normalized spacial score (nSPS) is 12.9. The zero-order valence-corrected chi connectivity index (χ0v) is 8.92. The highest BCUT2D eigenvalue weighted by Crippen LogP contribution is 2.09. The molecule has 1 unspecified atom stereocenters. The number of aromatic nitrogens is 3. The highest BCUT2D eigenvalue weighted by molar-refractivity contribution is 6.29. The van der Waals surface area contributed by atoms with Crippen molar-refractivity contribution < 1.29 is 9.90 Å². The van der Waals surface area contributed by atoms with E-state index in [4.69, 9.17) is 22.4 Å². The highest BCUT2D eigenvalue weighted by Gasteiger charge is 2.14. The van der Waals surface area contributed by atoms with Crippen LogP contribution in [0.5, 0.6) is 0 Å². The average molecular weight is 241 g/mol. The quantitative estimate of drug-likeness (QED) is 0.807. The summed E-state index contributed by atoms with van der Waals surface area (Å²) in [5, 5.41) is 13.0. The molecule has 6 nitrogen and oxygen atoms in total. The second-order valence-corrected chi connectivity index (χ2v) is 3.73. The number of hydrogen-bond acceptors (Lipinski definition) is 4. The molecule has 0 bridgehead atoms. The second-order valence-electron chi connectivity index (χ2n) is 3.34. The van der Waals surface area contributed by atoms with Crippen LogP contribution < -0.4 is 5.73 Å². The summed E-state index contributed by atoms with van der Waals surface area (Å²) in [6.45, 7) is 0. The number of fused-ring (bicyclic) bond motifs is 1. The summed E-state index contributed by atoms with van der Waals surface area (Å²) in [6.07, 6.45) is 1.78. The van der Waals surface area contributed by atoms with Crippen LogP contribution in [-0.2, 0) is 11.2 Å². The van der Waals surface area contributed by atoms with Crippen LogP contribution in [0.1, 0.15) is 5.69 Å². The smallest absolute Gasteiger partial charge is 0.320 e. The first-order chi connectivity index (χ1) is 7.56. The van der Waals surface area contributed by atoms with Crippen molar-refractivity contribution in [1.29, 1.82) is 0 Å². The third kappa shape index (κ3) is 2.12. The van der Waals surface area contributed by atoms with Crippen LogP contribution in [-0.4, -0.2) is 31.7 Å². The number of aliphatic carboxylic acids is 1. The van der Waals surface area contributed by atoms with Crippen molar-refractivity contribution >= 4 is 23.2 Å². The van der Waals surface area contributed by atoms with E-state index in [0.29, 0.717) is 16.5 Å². The minimum absolute atomic E-state index is 0.163. The highest BCUT2D eigenvalue weighted by atomic mass is 35.5. The molecule has 0 aliphatic rings. The number of carboxylic acids is 1. The third-order valence-electron chi connectivity index (χ3n) is 2.08. The maximum atomic E-state index is 10.6. The topological polar surface area (TPSA) is 93.5 Å². The van der Waals surface area contributed by atoms with E-state index in [1.807, 2.05) is 0 Å². The van der Waals surface area contributed by atoms with Gasteiger partial charge in [0.25, 0.3) is 0 Å². The first-order valence-corrected chi connectivity index (χ1v) is 4.93. The van der Waals surface area contributed by atoms with Crippen LogP contribution in [0.15, 0.2) is 18.3 Å².